The number of halogens is 1. The van der Waals surface area contributed by atoms with Crippen LogP contribution < -0.4 is 15.8 Å². The molecule has 0 bridgehead atoms. The third-order valence-corrected chi connectivity index (χ3v) is 5.01. The summed E-state index contributed by atoms with van der Waals surface area (Å²) in [6.07, 6.45) is 0.820. The molecule has 0 saturated heterocycles. The molecule has 1 aliphatic heterocycles. The largest absolute Gasteiger partial charge is 0.344 e. The van der Waals surface area contributed by atoms with Gasteiger partial charge >= 0.3 is 0 Å². The number of nitrogens with zero attached hydrogens (tertiary/aromatic N) is 1. The molecule has 25 heavy (non-hydrogen) atoms. The maximum atomic E-state index is 12.5. The third-order valence-electron chi connectivity index (χ3n) is 4.08. The molecule has 3 rings (SSSR count). The standard InChI is InChI=1S/C15H19N5O3S.ClH/c1-9(10-2-4-11(5-3-10)24(16,22)23)18-15(21)14-12-8-17-7-6-13(12)19-20-14;/h2-5,9,17H,6-8H2,1H3,(H,18,21)(H,19,20)(H2,16,22,23);1H. The molecule has 1 aromatic heterocycles. The summed E-state index contributed by atoms with van der Waals surface area (Å²) in [4.78, 5) is 12.5. The summed E-state index contributed by atoms with van der Waals surface area (Å²) in [6, 6.07) is 5.82. The van der Waals surface area contributed by atoms with Gasteiger partial charge in [0.25, 0.3) is 5.91 Å². The van der Waals surface area contributed by atoms with Gasteiger partial charge in [0.2, 0.25) is 10.0 Å². The number of aromatic nitrogens is 2. The number of aromatic amines is 1. The zero-order valence-electron chi connectivity index (χ0n) is 13.6. The Kier molecular flexibility index (Phi) is 5.83. The smallest absolute Gasteiger partial charge is 0.272 e. The average molecular weight is 386 g/mol. The van der Waals surface area contributed by atoms with Crippen LogP contribution in [0.3, 0.4) is 0 Å². The molecule has 1 unspecified atom stereocenters. The van der Waals surface area contributed by atoms with E-state index in [-0.39, 0.29) is 29.3 Å². The molecule has 136 valence electrons. The summed E-state index contributed by atoms with van der Waals surface area (Å²) in [5.41, 5.74) is 3.06. The highest BCUT2D eigenvalue weighted by Gasteiger charge is 2.22. The lowest BCUT2D eigenvalue weighted by molar-refractivity contribution is 0.0933. The fourth-order valence-corrected chi connectivity index (χ4v) is 3.22. The monoisotopic (exact) mass is 385 g/mol. The van der Waals surface area contributed by atoms with Crippen molar-refractivity contribution in [2.75, 3.05) is 6.54 Å². The van der Waals surface area contributed by atoms with Crippen molar-refractivity contribution in [2.24, 2.45) is 5.14 Å². The Hall–Kier alpha value is -1.94. The lowest BCUT2D eigenvalue weighted by Crippen LogP contribution is -2.30. The first kappa shape index (κ1) is 19.4. The van der Waals surface area contributed by atoms with Crippen molar-refractivity contribution in [3.63, 3.8) is 0 Å². The lowest BCUT2D eigenvalue weighted by Gasteiger charge is -2.16. The van der Waals surface area contributed by atoms with E-state index in [0.29, 0.717) is 12.2 Å². The van der Waals surface area contributed by atoms with E-state index in [1.54, 1.807) is 12.1 Å². The van der Waals surface area contributed by atoms with E-state index in [2.05, 4.69) is 20.8 Å². The van der Waals surface area contributed by atoms with Crippen molar-refractivity contribution in [3.05, 3.63) is 46.8 Å². The van der Waals surface area contributed by atoms with E-state index in [4.69, 9.17) is 5.14 Å². The molecule has 2 aromatic rings. The highest BCUT2D eigenvalue weighted by molar-refractivity contribution is 7.89. The maximum absolute atomic E-state index is 12.5. The van der Waals surface area contributed by atoms with Crippen LogP contribution in [0.4, 0.5) is 0 Å². The number of H-pyrrole nitrogens is 1. The third kappa shape index (κ3) is 4.18. The zero-order chi connectivity index (χ0) is 17.3. The van der Waals surface area contributed by atoms with Crippen LogP contribution in [0, 0.1) is 0 Å². The van der Waals surface area contributed by atoms with Crippen LogP contribution in [0.25, 0.3) is 0 Å². The molecule has 10 heteroatoms. The Morgan fingerprint density at radius 1 is 1.32 bits per heavy atom. The number of amides is 1. The summed E-state index contributed by atoms with van der Waals surface area (Å²) in [5, 5.41) is 18.2. The van der Waals surface area contributed by atoms with Crippen molar-refractivity contribution < 1.29 is 13.2 Å². The number of carbonyl (C=O) groups is 1. The highest BCUT2D eigenvalue weighted by Crippen LogP contribution is 2.18. The lowest BCUT2D eigenvalue weighted by atomic mass is 10.1. The zero-order valence-corrected chi connectivity index (χ0v) is 15.2. The van der Waals surface area contributed by atoms with Crippen LogP contribution in [-0.4, -0.2) is 31.1 Å². The number of fused-ring (bicyclic) bond motifs is 1. The van der Waals surface area contributed by atoms with Gasteiger partial charge in [-0.05, 0) is 24.6 Å². The van der Waals surface area contributed by atoms with Gasteiger partial charge in [0.1, 0.15) is 0 Å². The van der Waals surface area contributed by atoms with E-state index in [0.717, 1.165) is 29.8 Å². The number of sulfonamides is 1. The number of benzene rings is 1. The molecule has 0 spiro atoms. The minimum atomic E-state index is -3.72. The Morgan fingerprint density at radius 3 is 2.64 bits per heavy atom. The summed E-state index contributed by atoms with van der Waals surface area (Å²) in [7, 11) is -3.72. The minimum Gasteiger partial charge on any atom is -0.344 e. The number of nitrogens with two attached hydrogens (primary N) is 1. The van der Waals surface area contributed by atoms with Crippen LogP contribution in [-0.2, 0) is 23.0 Å². The molecule has 0 radical (unpaired) electrons. The molecule has 2 heterocycles. The Morgan fingerprint density at radius 2 is 2.00 bits per heavy atom. The molecule has 1 aliphatic rings. The number of rotatable bonds is 4. The second-order valence-corrected chi connectivity index (χ2v) is 7.33. The molecule has 8 nitrogen and oxygen atoms in total. The fourth-order valence-electron chi connectivity index (χ4n) is 2.71. The molecule has 1 aromatic carbocycles. The second-order valence-electron chi connectivity index (χ2n) is 5.77. The van der Waals surface area contributed by atoms with Gasteiger partial charge in [-0.1, -0.05) is 12.1 Å². The minimum absolute atomic E-state index is 0. The summed E-state index contributed by atoms with van der Waals surface area (Å²) >= 11 is 0. The van der Waals surface area contributed by atoms with Gasteiger partial charge in [0, 0.05) is 30.8 Å². The number of hydrogen-bond donors (Lipinski definition) is 4. The van der Waals surface area contributed by atoms with Crippen molar-refractivity contribution >= 4 is 28.3 Å². The number of nitrogens with one attached hydrogen (secondary N) is 3. The number of primary sulfonamides is 1. The Labute approximate surface area is 152 Å². The molecule has 1 atom stereocenters. The highest BCUT2D eigenvalue weighted by atomic mass is 35.5. The van der Waals surface area contributed by atoms with Gasteiger partial charge in [-0.25, -0.2) is 13.6 Å². The predicted octanol–water partition coefficient (Wildman–Crippen LogP) is 0.616. The van der Waals surface area contributed by atoms with Crippen LogP contribution >= 0.6 is 12.4 Å². The van der Waals surface area contributed by atoms with Gasteiger partial charge in [0.05, 0.1) is 10.9 Å². The molecule has 0 aliphatic carbocycles. The molecule has 1 amide bonds. The van der Waals surface area contributed by atoms with E-state index in [1.165, 1.54) is 12.1 Å². The second kappa shape index (κ2) is 7.52. The normalized spacial score (nSPS) is 15.0. The van der Waals surface area contributed by atoms with Gasteiger partial charge in [-0.2, -0.15) is 5.10 Å². The molecule has 0 fully saturated rings. The van der Waals surface area contributed by atoms with Gasteiger partial charge < -0.3 is 10.6 Å². The SMILES string of the molecule is CC(NC(=O)c1n[nH]c2c1CNCC2)c1ccc(S(N)(=O)=O)cc1.Cl. The first-order valence-corrected chi connectivity index (χ1v) is 9.11. The van der Waals surface area contributed by atoms with Crippen molar-refractivity contribution in [1.82, 2.24) is 20.8 Å². The fraction of sp³-hybridized carbons (Fsp3) is 0.333. The van der Waals surface area contributed by atoms with Crippen molar-refractivity contribution in [1.29, 1.82) is 0 Å². The molecular formula is C15H20ClN5O3S. The quantitative estimate of drug-likeness (QED) is 0.612. The van der Waals surface area contributed by atoms with Crippen molar-refractivity contribution in [2.45, 2.75) is 30.8 Å². The molecule has 0 saturated carbocycles. The average Bonchev–Trinajstić information content (AvgIpc) is 2.98. The first-order chi connectivity index (χ1) is 11.4. The van der Waals surface area contributed by atoms with E-state index in [9.17, 15) is 13.2 Å². The van der Waals surface area contributed by atoms with Gasteiger partial charge in [-0.3, -0.25) is 9.89 Å². The van der Waals surface area contributed by atoms with Crippen LogP contribution in [0.1, 0.15) is 40.3 Å². The van der Waals surface area contributed by atoms with Crippen LogP contribution in [0.5, 0.6) is 0 Å². The molecular weight excluding hydrogens is 366 g/mol. The van der Waals surface area contributed by atoms with Gasteiger partial charge in [0.15, 0.2) is 5.69 Å². The Balaban J connectivity index is 0.00000225. The first-order valence-electron chi connectivity index (χ1n) is 7.56. The summed E-state index contributed by atoms with van der Waals surface area (Å²) in [6.45, 7) is 3.30. The predicted molar refractivity (Wildman–Crippen MR) is 94.9 cm³/mol. The van der Waals surface area contributed by atoms with Crippen LogP contribution in [0.15, 0.2) is 29.2 Å². The van der Waals surface area contributed by atoms with Gasteiger partial charge in [-0.15, -0.1) is 12.4 Å². The van der Waals surface area contributed by atoms with E-state index < -0.39 is 10.0 Å². The maximum Gasteiger partial charge on any atom is 0.272 e. The van der Waals surface area contributed by atoms with Crippen LogP contribution in [0.2, 0.25) is 0 Å². The Bertz CT molecular complexity index is 864. The van der Waals surface area contributed by atoms with E-state index >= 15 is 0 Å². The number of carbonyl (C=O) groups excluding carboxylic acids is 1. The topological polar surface area (TPSA) is 130 Å². The summed E-state index contributed by atoms with van der Waals surface area (Å²) in [5.74, 6) is -0.265. The summed E-state index contributed by atoms with van der Waals surface area (Å²) < 4.78 is 22.5. The van der Waals surface area contributed by atoms with Crippen molar-refractivity contribution in [3.8, 4) is 0 Å². The molecule has 5 N–H and O–H groups in total. The van der Waals surface area contributed by atoms with E-state index in [1.807, 2.05) is 6.92 Å². The number of hydrogen-bond acceptors (Lipinski definition) is 5.